The Morgan fingerprint density at radius 3 is 2.44 bits per heavy atom. The molecule has 1 unspecified atom stereocenters. The molecule has 0 saturated heterocycles. The van der Waals surface area contributed by atoms with E-state index in [1.807, 2.05) is 24.3 Å². The van der Waals surface area contributed by atoms with E-state index in [1.165, 1.54) is 12.1 Å². The highest BCUT2D eigenvalue weighted by Gasteiger charge is 2.42. The minimum Gasteiger partial charge on any atom is -0.497 e. The Balaban J connectivity index is 1.61. The van der Waals surface area contributed by atoms with Gasteiger partial charge < -0.3 is 14.1 Å². The van der Waals surface area contributed by atoms with Crippen molar-refractivity contribution in [1.82, 2.24) is 4.90 Å². The van der Waals surface area contributed by atoms with E-state index >= 15 is 0 Å². The molecule has 7 heteroatoms. The van der Waals surface area contributed by atoms with E-state index in [0.29, 0.717) is 34.5 Å². The standard InChI is InChI=1S/C27H21ClFNO4/c1-15-13-22-20(14-21(15)28)25(31)23-24(17-5-7-18(29)8-6-17)30(27(32)26(23)34-22)12-11-16-3-9-19(33-2)10-4-16/h3-10,13-14,24H,11-12H2,1-2H3. The zero-order chi connectivity index (χ0) is 24.0. The molecule has 0 spiro atoms. The summed E-state index contributed by atoms with van der Waals surface area (Å²) in [5.41, 5.74) is 2.64. The fraction of sp³-hybridized carbons (Fsp3) is 0.185. The van der Waals surface area contributed by atoms with Crippen LogP contribution in [0.25, 0.3) is 11.0 Å². The number of carbonyl (C=O) groups excluding carboxylic acids is 1. The van der Waals surface area contributed by atoms with Crippen molar-refractivity contribution in [3.05, 3.63) is 110 Å². The Kier molecular flexibility index (Phi) is 5.62. The van der Waals surface area contributed by atoms with Crippen LogP contribution in [0.1, 0.15) is 38.9 Å². The van der Waals surface area contributed by atoms with Gasteiger partial charge in [0, 0.05) is 11.6 Å². The minimum absolute atomic E-state index is 0.0169. The van der Waals surface area contributed by atoms with Crippen LogP contribution < -0.4 is 10.2 Å². The Hall–Kier alpha value is -3.64. The van der Waals surface area contributed by atoms with Crippen molar-refractivity contribution in [2.45, 2.75) is 19.4 Å². The van der Waals surface area contributed by atoms with Crippen LogP contribution in [-0.2, 0) is 6.42 Å². The first-order valence-electron chi connectivity index (χ1n) is 10.8. The van der Waals surface area contributed by atoms with Crippen molar-refractivity contribution in [2.24, 2.45) is 0 Å². The molecule has 1 aliphatic rings. The van der Waals surface area contributed by atoms with E-state index in [9.17, 15) is 14.0 Å². The maximum Gasteiger partial charge on any atom is 0.290 e. The van der Waals surface area contributed by atoms with E-state index in [2.05, 4.69) is 0 Å². The predicted octanol–water partition coefficient (Wildman–Crippen LogP) is 5.69. The maximum atomic E-state index is 13.7. The lowest BCUT2D eigenvalue weighted by molar-refractivity contribution is 0.0730. The van der Waals surface area contributed by atoms with Crippen molar-refractivity contribution in [2.75, 3.05) is 13.7 Å². The third-order valence-electron chi connectivity index (χ3n) is 6.23. The number of rotatable bonds is 5. The molecule has 1 aromatic heterocycles. The highest BCUT2D eigenvalue weighted by Crippen LogP contribution is 2.38. The van der Waals surface area contributed by atoms with E-state index < -0.39 is 11.9 Å². The number of nitrogens with zero attached hydrogens (tertiary/aromatic N) is 1. The van der Waals surface area contributed by atoms with E-state index in [1.54, 1.807) is 43.2 Å². The van der Waals surface area contributed by atoms with Gasteiger partial charge in [-0.3, -0.25) is 9.59 Å². The average Bonchev–Trinajstić information content (AvgIpc) is 3.11. The summed E-state index contributed by atoms with van der Waals surface area (Å²) in [6.45, 7) is 2.15. The molecule has 0 N–H and O–H groups in total. The number of amides is 1. The number of aryl methyl sites for hydroxylation is 1. The first-order chi connectivity index (χ1) is 16.4. The van der Waals surface area contributed by atoms with Gasteiger partial charge >= 0.3 is 0 Å². The number of fused-ring (bicyclic) bond motifs is 2. The fourth-order valence-electron chi connectivity index (χ4n) is 4.40. The molecule has 5 nitrogen and oxygen atoms in total. The molecule has 0 aliphatic carbocycles. The third kappa shape index (κ3) is 3.74. The lowest BCUT2D eigenvalue weighted by Gasteiger charge is -2.25. The van der Waals surface area contributed by atoms with Gasteiger partial charge in [0.2, 0.25) is 5.76 Å². The molecule has 1 aliphatic heterocycles. The lowest BCUT2D eigenvalue weighted by atomic mass is 9.98. The van der Waals surface area contributed by atoms with Crippen LogP contribution in [-0.4, -0.2) is 24.5 Å². The molecule has 34 heavy (non-hydrogen) atoms. The highest BCUT2D eigenvalue weighted by molar-refractivity contribution is 6.32. The van der Waals surface area contributed by atoms with Gasteiger partial charge in [-0.25, -0.2) is 4.39 Å². The molecule has 172 valence electrons. The number of hydrogen-bond acceptors (Lipinski definition) is 4. The average molecular weight is 478 g/mol. The number of benzene rings is 3. The number of ether oxygens (including phenoxy) is 1. The Morgan fingerprint density at radius 1 is 1.06 bits per heavy atom. The first kappa shape index (κ1) is 22.2. The van der Waals surface area contributed by atoms with E-state index in [4.69, 9.17) is 20.8 Å². The normalized spacial score (nSPS) is 15.1. The molecule has 0 saturated carbocycles. The van der Waals surface area contributed by atoms with Crippen LogP contribution in [0.15, 0.2) is 69.9 Å². The predicted molar refractivity (Wildman–Crippen MR) is 128 cm³/mol. The smallest absolute Gasteiger partial charge is 0.290 e. The van der Waals surface area contributed by atoms with E-state index in [-0.39, 0.29) is 22.7 Å². The van der Waals surface area contributed by atoms with Crippen LogP contribution in [0, 0.1) is 12.7 Å². The number of hydrogen-bond donors (Lipinski definition) is 0. The van der Waals surface area contributed by atoms with Crippen molar-refractivity contribution in [1.29, 1.82) is 0 Å². The summed E-state index contributed by atoms with van der Waals surface area (Å²) in [5, 5.41) is 0.755. The zero-order valence-corrected chi connectivity index (χ0v) is 19.4. The zero-order valence-electron chi connectivity index (χ0n) is 18.6. The second-order valence-corrected chi connectivity index (χ2v) is 8.73. The molecule has 1 atom stereocenters. The van der Waals surface area contributed by atoms with Crippen molar-refractivity contribution >= 4 is 28.5 Å². The molecule has 4 aromatic rings. The lowest BCUT2D eigenvalue weighted by Crippen LogP contribution is -2.31. The molecule has 0 radical (unpaired) electrons. The first-order valence-corrected chi connectivity index (χ1v) is 11.2. The van der Waals surface area contributed by atoms with Gasteiger partial charge in [0.25, 0.3) is 5.91 Å². The fourth-order valence-corrected chi connectivity index (χ4v) is 4.57. The van der Waals surface area contributed by atoms with Crippen LogP contribution >= 0.6 is 11.6 Å². The summed E-state index contributed by atoms with van der Waals surface area (Å²) in [4.78, 5) is 28.7. The van der Waals surface area contributed by atoms with Gasteiger partial charge in [-0.05, 0) is 66.4 Å². The van der Waals surface area contributed by atoms with Crippen LogP contribution in [0.5, 0.6) is 5.75 Å². The van der Waals surface area contributed by atoms with Gasteiger partial charge in [0.15, 0.2) is 5.43 Å². The number of carbonyl (C=O) groups is 1. The highest BCUT2D eigenvalue weighted by atomic mass is 35.5. The quantitative estimate of drug-likeness (QED) is 0.370. The molecule has 5 rings (SSSR count). The largest absolute Gasteiger partial charge is 0.497 e. The summed E-state index contributed by atoms with van der Waals surface area (Å²) in [5.74, 6) is -0.00775. The van der Waals surface area contributed by atoms with Gasteiger partial charge in [-0.15, -0.1) is 0 Å². The van der Waals surface area contributed by atoms with Crippen molar-refractivity contribution in [3.8, 4) is 5.75 Å². The van der Waals surface area contributed by atoms with Crippen LogP contribution in [0.2, 0.25) is 5.02 Å². The topological polar surface area (TPSA) is 59.8 Å². The minimum atomic E-state index is -0.693. The van der Waals surface area contributed by atoms with Gasteiger partial charge in [-0.1, -0.05) is 35.9 Å². The van der Waals surface area contributed by atoms with Crippen molar-refractivity contribution in [3.63, 3.8) is 0 Å². The van der Waals surface area contributed by atoms with Gasteiger partial charge in [0.1, 0.15) is 17.1 Å². The summed E-state index contributed by atoms with van der Waals surface area (Å²) >= 11 is 6.27. The van der Waals surface area contributed by atoms with E-state index in [0.717, 1.165) is 16.9 Å². The SMILES string of the molecule is COc1ccc(CCN2C(=O)c3oc4cc(C)c(Cl)cc4c(=O)c3C2c2ccc(F)cc2)cc1. The second kappa shape index (κ2) is 8.61. The maximum absolute atomic E-state index is 13.7. The summed E-state index contributed by atoms with van der Waals surface area (Å²) in [6.07, 6.45) is 0.556. The molecule has 0 fully saturated rings. The molecule has 2 heterocycles. The number of methoxy groups -OCH3 is 1. The summed E-state index contributed by atoms with van der Waals surface area (Å²) in [7, 11) is 1.60. The molecule has 3 aromatic carbocycles. The van der Waals surface area contributed by atoms with Crippen LogP contribution in [0.3, 0.4) is 0 Å². The molecule has 1 amide bonds. The molecular weight excluding hydrogens is 457 g/mol. The molecule has 0 bridgehead atoms. The molecular formula is C27H21ClFNO4. The van der Waals surface area contributed by atoms with Crippen LogP contribution in [0.4, 0.5) is 4.39 Å². The Morgan fingerprint density at radius 2 is 1.76 bits per heavy atom. The Labute approximate surface area is 200 Å². The monoisotopic (exact) mass is 477 g/mol. The van der Waals surface area contributed by atoms with Gasteiger partial charge in [0.05, 0.1) is 24.1 Å². The van der Waals surface area contributed by atoms with Crippen molar-refractivity contribution < 1.29 is 18.3 Å². The summed E-state index contributed by atoms with van der Waals surface area (Å²) in [6, 6.07) is 16.0. The third-order valence-corrected chi connectivity index (χ3v) is 6.64. The number of halogens is 2. The second-order valence-electron chi connectivity index (χ2n) is 8.32. The Bertz CT molecular complexity index is 1460. The van der Waals surface area contributed by atoms with Gasteiger partial charge in [-0.2, -0.15) is 0 Å². The summed E-state index contributed by atoms with van der Waals surface area (Å²) < 4.78 is 24.8.